The van der Waals surface area contributed by atoms with Gasteiger partial charge in [0.15, 0.2) is 6.61 Å². The molecule has 0 bridgehead atoms. The van der Waals surface area contributed by atoms with Crippen molar-refractivity contribution in [3.8, 4) is 5.75 Å². The second-order valence-corrected chi connectivity index (χ2v) is 6.64. The van der Waals surface area contributed by atoms with Crippen molar-refractivity contribution in [3.63, 3.8) is 0 Å². The Morgan fingerprint density at radius 3 is 2.71 bits per heavy atom. The van der Waals surface area contributed by atoms with Crippen LogP contribution < -0.4 is 4.74 Å². The Balaban J connectivity index is 2.13. The topological polar surface area (TPSA) is 69.4 Å². The molecule has 0 saturated carbocycles. The summed E-state index contributed by atoms with van der Waals surface area (Å²) in [5.41, 5.74) is 0.543. The number of nitro benzene ring substituents is 1. The Kier molecular flexibility index (Phi) is 4.74. The standard InChI is InChI=1S/C14H12BrNO4S/c1-8-6-10(9(2)21-8)12(17)7-20-13-5-3-4-11(14(13)15)16(18)19/h3-6H,7H2,1-2H3. The van der Waals surface area contributed by atoms with Gasteiger partial charge in [0, 0.05) is 21.4 Å². The number of aryl methyl sites for hydroxylation is 2. The molecule has 0 fully saturated rings. The van der Waals surface area contributed by atoms with E-state index in [1.165, 1.54) is 12.1 Å². The largest absolute Gasteiger partial charge is 0.484 e. The maximum Gasteiger partial charge on any atom is 0.287 e. The van der Waals surface area contributed by atoms with Crippen molar-refractivity contribution in [3.05, 3.63) is 54.2 Å². The Morgan fingerprint density at radius 1 is 1.43 bits per heavy atom. The fourth-order valence-electron chi connectivity index (χ4n) is 1.88. The summed E-state index contributed by atoms with van der Waals surface area (Å²) in [5.74, 6) is 0.136. The highest BCUT2D eigenvalue weighted by Crippen LogP contribution is 2.33. The zero-order chi connectivity index (χ0) is 15.6. The van der Waals surface area contributed by atoms with Crippen LogP contribution >= 0.6 is 27.3 Å². The first-order chi connectivity index (χ1) is 9.90. The lowest BCUT2D eigenvalue weighted by molar-refractivity contribution is -0.385. The van der Waals surface area contributed by atoms with E-state index in [1.807, 2.05) is 19.9 Å². The van der Waals surface area contributed by atoms with Gasteiger partial charge in [0.05, 0.1) is 4.92 Å². The molecule has 0 radical (unpaired) electrons. The number of carbonyl (C=O) groups excluding carboxylic acids is 1. The van der Waals surface area contributed by atoms with E-state index in [-0.39, 0.29) is 28.3 Å². The molecule has 1 aromatic heterocycles. The van der Waals surface area contributed by atoms with Crippen molar-refractivity contribution in [2.45, 2.75) is 13.8 Å². The highest BCUT2D eigenvalue weighted by molar-refractivity contribution is 9.10. The molecule has 0 aliphatic heterocycles. The number of ether oxygens (including phenoxy) is 1. The van der Waals surface area contributed by atoms with Gasteiger partial charge in [-0.2, -0.15) is 0 Å². The smallest absolute Gasteiger partial charge is 0.287 e. The van der Waals surface area contributed by atoms with Crippen molar-refractivity contribution < 1.29 is 14.5 Å². The minimum atomic E-state index is -0.509. The summed E-state index contributed by atoms with van der Waals surface area (Å²) in [7, 11) is 0. The first-order valence-corrected chi connectivity index (χ1v) is 7.67. The monoisotopic (exact) mass is 369 g/mol. The molecule has 0 aliphatic rings. The molecule has 0 unspecified atom stereocenters. The molecule has 7 heteroatoms. The Morgan fingerprint density at radius 2 is 2.14 bits per heavy atom. The lowest BCUT2D eigenvalue weighted by atomic mass is 10.2. The number of rotatable bonds is 5. The van der Waals surface area contributed by atoms with E-state index in [9.17, 15) is 14.9 Å². The van der Waals surface area contributed by atoms with Gasteiger partial charge in [-0.25, -0.2) is 0 Å². The van der Waals surface area contributed by atoms with Gasteiger partial charge in [-0.1, -0.05) is 6.07 Å². The van der Waals surface area contributed by atoms with Gasteiger partial charge in [0.2, 0.25) is 5.78 Å². The fraction of sp³-hybridized carbons (Fsp3) is 0.214. The van der Waals surface area contributed by atoms with Crippen LogP contribution in [0.15, 0.2) is 28.7 Å². The number of hydrogen-bond acceptors (Lipinski definition) is 5. The minimum absolute atomic E-state index is 0.0949. The van der Waals surface area contributed by atoms with E-state index >= 15 is 0 Å². The number of hydrogen-bond donors (Lipinski definition) is 0. The molecule has 5 nitrogen and oxygen atoms in total. The van der Waals surface area contributed by atoms with Gasteiger partial charge < -0.3 is 4.74 Å². The SMILES string of the molecule is Cc1cc(C(=O)COc2cccc([N+](=O)[O-])c2Br)c(C)s1. The third kappa shape index (κ3) is 3.48. The number of nitro groups is 1. The predicted octanol–water partition coefficient (Wildman–Crippen LogP) is 4.30. The van der Waals surface area contributed by atoms with Crippen LogP contribution in [0.4, 0.5) is 5.69 Å². The van der Waals surface area contributed by atoms with E-state index in [4.69, 9.17) is 4.74 Å². The summed E-state index contributed by atoms with van der Waals surface area (Å²) in [6.45, 7) is 3.66. The quantitative estimate of drug-likeness (QED) is 0.447. The molecule has 0 atom stereocenters. The molecule has 0 saturated heterocycles. The predicted molar refractivity (Wildman–Crippen MR) is 84.4 cm³/mol. The van der Waals surface area contributed by atoms with Gasteiger partial charge in [-0.05, 0) is 41.9 Å². The normalized spacial score (nSPS) is 10.4. The van der Waals surface area contributed by atoms with Crippen molar-refractivity contribution in [2.24, 2.45) is 0 Å². The van der Waals surface area contributed by atoms with Crippen LogP contribution in [-0.4, -0.2) is 17.3 Å². The summed E-state index contributed by atoms with van der Waals surface area (Å²) < 4.78 is 5.65. The second-order valence-electron chi connectivity index (χ2n) is 4.39. The Hall–Kier alpha value is -1.73. The van der Waals surface area contributed by atoms with Crippen molar-refractivity contribution in [1.29, 1.82) is 0 Å². The molecule has 0 N–H and O–H groups in total. The minimum Gasteiger partial charge on any atom is -0.484 e. The number of ketones is 1. The third-order valence-corrected chi connectivity index (χ3v) is 4.60. The number of carbonyl (C=O) groups is 1. The first kappa shape index (κ1) is 15.7. The summed E-state index contributed by atoms with van der Waals surface area (Å²) in [5, 5.41) is 10.8. The van der Waals surface area contributed by atoms with Gasteiger partial charge in [-0.15, -0.1) is 11.3 Å². The van der Waals surface area contributed by atoms with Crippen LogP contribution in [-0.2, 0) is 0 Å². The number of Topliss-reactive ketones (excluding diaryl/α,β-unsaturated/α-hetero) is 1. The molecule has 21 heavy (non-hydrogen) atoms. The van der Waals surface area contributed by atoms with Crippen LogP contribution in [0.25, 0.3) is 0 Å². The molecular formula is C14H12BrNO4S. The Labute approximate surface area is 133 Å². The second kappa shape index (κ2) is 6.36. The molecule has 110 valence electrons. The number of benzene rings is 1. The lowest BCUT2D eigenvalue weighted by Gasteiger charge is -2.07. The van der Waals surface area contributed by atoms with Crippen LogP contribution in [0.2, 0.25) is 0 Å². The first-order valence-electron chi connectivity index (χ1n) is 6.06. The van der Waals surface area contributed by atoms with Crippen molar-refractivity contribution >= 4 is 38.7 Å². The van der Waals surface area contributed by atoms with E-state index < -0.39 is 4.92 Å². The third-order valence-electron chi connectivity index (χ3n) is 2.84. The molecule has 1 aromatic carbocycles. The van der Waals surface area contributed by atoms with Crippen LogP contribution in [0.1, 0.15) is 20.1 Å². The highest BCUT2D eigenvalue weighted by atomic mass is 79.9. The molecule has 2 aromatic rings. The number of thiophene rings is 1. The number of halogens is 1. The van der Waals surface area contributed by atoms with E-state index in [0.717, 1.165) is 9.75 Å². The lowest BCUT2D eigenvalue weighted by Crippen LogP contribution is -2.12. The van der Waals surface area contributed by atoms with Gasteiger partial charge >= 0.3 is 0 Å². The fourth-order valence-corrected chi connectivity index (χ4v) is 3.35. The van der Waals surface area contributed by atoms with E-state index in [1.54, 1.807) is 17.4 Å². The van der Waals surface area contributed by atoms with Gasteiger partial charge in [0.1, 0.15) is 10.2 Å². The number of nitrogens with zero attached hydrogens (tertiary/aromatic N) is 1. The van der Waals surface area contributed by atoms with E-state index in [2.05, 4.69) is 15.9 Å². The summed E-state index contributed by atoms with van der Waals surface area (Å²) in [6, 6.07) is 6.29. The van der Waals surface area contributed by atoms with Gasteiger partial charge in [-0.3, -0.25) is 14.9 Å². The summed E-state index contributed by atoms with van der Waals surface area (Å²) in [4.78, 5) is 24.4. The van der Waals surface area contributed by atoms with Crippen molar-refractivity contribution in [1.82, 2.24) is 0 Å². The maximum absolute atomic E-state index is 12.1. The average Bonchev–Trinajstić information content (AvgIpc) is 2.76. The van der Waals surface area contributed by atoms with E-state index in [0.29, 0.717) is 5.56 Å². The summed E-state index contributed by atoms with van der Waals surface area (Å²) in [6.07, 6.45) is 0. The van der Waals surface area contributed by atoms with Crippen LogP contribution in [0.5, 0.6) is 5.75 Å². The molecular weight excluding hydrogens is 358 g/mol. The molecule has 0 amide bonds. The highest BCUT2D eigenvalue weighted by Gasteiger charge is 2.18. The average molecular weight is 370 g/mol. The maximum atomic E-state index is 12.1. The Bertz CT molecular complexity index is 711. The summed E-state index contributed by atoms with van der Waals surface area (Å²) >= 11 is 4.68. The molecule has 1 heterocycles. The zero-order valence-electron chi connectivity index (χ0n) is 11.4. The molecule has 2 rings (SSSR count). The molecule has 0 aliphatic carbocycles. The van der Waals surface area contributed by atoms with Crippen LogP contribution in [0, 0.1) is 24.0 Å². The zero-order valence-corrected chi connectivity index (χ0v) is 13.8. The van der Waals surface area contributed by atoms with Crippen molar-refractivity contribution in [2.75, 3.05) is 6.61 Å². The van der Waals surface area contributed by atoms with Gasteiger partial charge in [0.25, 0.3) is 5.69 Å². The van der Waals surface area contributed by atoms with Crippen LogP contribution in [0.3, 0.4) is 0 Å². The molecule has 0 spiro atoms.